The molecule has 0 aromatic heterocycles. The van der Waals surface area contributed by atoms with Crippen molar-refractivity contribution in [2.45, 2.75) is 13.0 Å². The lowest BCUT2D eigenvalue weighted by molar-refractivity contribution is -0.118. The third-order valence-electron chi connectivity index (χ3n) is 3.30. The molecule has 2 rings (SSSR count). The van der Waals surface area contributed by atoms with E-state index in [4.69, 9.17) is 34.8 Å². The second kappa shape index (κ2) is 6.96. The molecule has 1 aliphatic heterocycles. The topological polar surface area (TPSA) is 44.4 Å². The molecule has 0 aliphatic carbocycles. The summed E-state index contributed by atoms with van der Waals surface area (Å²) in [7, 11) is 0. The average Bonchev–Trinajstić information content (AvgIpc) is 2.30. The Balaban J connectivity index is 2.00. The Bertz CT molecular complexity index is 483. The third-order valence-corrected chi connectivity index (χ3v) is 4.11. The first-order valence-corrected chi connectivity index (χ1v) is 7.53. The van der Waals surface area contributed by atoms with Gasteiger partial charge in [-0.25, -0.2) is 0 Å². The molecule has 0 radical (unpaired) electrons. The van der Waals surface area contributed by atoms with Crippen molar-refractivity contribution in [3.63, 3.8) is 0 Å². The van der Waals surface area contributed by atoms with Gasteiger partial charge in [0.15, 0.2) is 0 Å². The lowest BCUT2D eigenvalue weighted by Gasteiger charge is -2.37. The molecule has 0 atom stereocenters. The number of hydrogen-bond acceptors (Lipinski definition) is 3. The van der Waals surface area contributed by atoms with Crippen LogP contribution in [0.25, 0.3) is 0 Å². The van der Waals surface area contributed by atoms with E-state index in [0.29, 0.717) is 33.3 Å². The molecule has 1 saturated heterocycles. The number of nitrogens with one attached hydrogen (secondary N) is 2. The van der Waals surface area contributed by atoms with Crippen LogP contribution in [0.5, 0.6) is 0 Å². The normalized spacial score (nSPS) is 15.2. The molecule has 1 aromatic rings. The van der Waals surface area contributed by atoms with Crippen LogP contribution in [0.2, 0.25) is 15.1 Å². The smallest absolute Gasteiger partial charge is 0.238 e. The number of carbonyl (C=O) groups is 1. The summed E-state index contributed by atoms with van der Waals surface area (Å²) in [6.07, 6.45) is 0. The average molecular weight is 337 g/mol. The van der Waals surface area contributed by atoms with Crippen LogP contribution in [0.1, 0.15) is 6.92 Å². The Hall–Kier alpha value is -0.520. The van der Waals surface area contributed by atoms with Crippen LogP contribution < -0.4 is 10.6 Å². The molecule has 0 bridgehead atoms. The number of carbonyl (C=O) groups excluding carboxylic acids is 1. The minimum Gasteiger partial charge on any atom is -0.322 e. The van der Waals surface area contributed by atoms with E-state index < -0.39 is 0 Å². The fourth-order valence-corrected chi connectivity index (χ4v) is 2.97. The van der Waals surface area contributed by atoms with Gasteiger partial charge in [-0.15, -0.1) is 0 Å². The van der Waals surface area contributed by atoms with Crippen LogP contribution in [-0.4, -0.2) is 43.0 Å². The zero-order chi connectivity index (χ0) is 14.7. The van der Waals surface area contributed by atoms with Crippen molar-refractivity contribution in [1.29, 1.82) is 0 Å². The monoisotopic (exact) mass is 335 g/mol. The summed E-state index contributed by atoms with van der Waals surface area (Å²) in [5.41, 5.74) is 0.408. The molecule has 20 heavy (non-hydrogen) atoms. The van der Waals surface area contributed by atoms with Crippen molar-refractivity contribution in [3.8, 4) is 0 Å². The minimum atomic E-state index is -0.134. The molecule has 4 nitrogen and oxygen atoms in total. The van der Waals surface area contributed by atoms with Gasteiger partial charge in [-0.2, -0.15) is 0 Å². The molecule has 1 aliphatic rings. The van der Waals surface area contributed by atoms with E-state index in [1.165, 1.54) is 0 Å². The second-order valence-corrected chi connectivity index (χ2v) is 5.92. The van der Waals surface area contributed by atoms with Gasteiger partial charge < -0.3 is 10.6 Å². The molecule has 2 N–H and O–H groups in total. The van der Waals surface area contributed by atoms with E-state index in [-0.39, 0.29) is 5.91 Å². The predicted molar refractivity (Wildman–Crippen MR) is 84.0 cm³/mol. The van der Waals surface area contributed by atoms with Crippen LogP contribution in [0.3, 0.4) is 0 Å². The predicted octanol–water partition coefficient (Wildman–Crippen LogP) is 2.88. The summed E-state index contributed by atoms with van der Waals surface area (Å²) in [6.45, 7) is 5.01. The Morgan fingerprint density at radius 3 is 2.40 bits per heavy atom. The zero-order valence-corrected chi connectivity index (χ0v) is 13.3. The Labute approximate surface area is 133 Å². The van der Waals surface area contributed by atoms with Crippen LogP contribution in [-0.2, 0) is 4.79 Å². The van der Waals surface area contributed by atoms with E-state index in [1.54, 1.807) is 12.1 Å². The number of amides is 1. The van der Waals surface area contributed by atoms with Crippen molar-refractivity contribution in [3.05, 3.63) is 27.2 Å². The molecule has 110 valence electrons. The Morgan fingerprint density at radius 1 is 1.35 bits per heavy atom. The lowest BCUT2D eigenvalue weighted by atomic mass is 10.1. The molecule has 0 spiro atoms. The SMILES string of the molecule is CCN(CC(=O)Nc1c(Cl)cc(Cl)cc1Cl)C1CNC1. The highest BCUT2D eigenvalue weighted by atomic mass is 35.5. The highest BCUT2D eigenvalue weighted by Crippen LogP contribution is 2.33. The maximum absolute atomic E-state index is 12.1. The number of nitrogens with zero attached hydrogens (tertiary/aromatic N) is 1. The zero-order valence-electron chi connectivity index (χ0n) is 11.0. The van der Waals surface area contributed by atoms with Crippen LogP contribution >= 0.6 is 34.8 Å². The molecule has 7 heteroatoms. The number of likely N-dealkylation sites (N-methyl/N-ethyl adjacent to an activating group) is 1. The first-order valence-electron chi connectivity index (χ1n) is 6.40. The summed E-state index contributed by atoms with van der Waals surface area (Å²) in [5.74, 6) is -0.134. The van der Waals surface area contributed by atoms with Crippen LogP contribution in [0, 0.1) is 0 Å². The van der Waals surface area contributed by atoms with Gasteiger partial charge in [0.1, 0.15) is 0 Å². The van der Waals surface area contributed by atoms with Crippen molar-refractivity contribution < 1.29 is 4.79 Å². The third kappa shape index (κ3) is 3.77. The van der Waals surface area contributed by atoms with Gasteiger partial charge in [-0.1, -0.05) is 41.7 Å². The Morgan fingerprint density at radius 2 is 1.95 bits per heavy atom. The lowest BCUT2D eigenvalue weighted by Crippen LogP contribution is -2.58. The minimum absolute atomic E-state index is 0.134. The highest BCUT2D eigenvalue weighted by Gasteiger charge is 2.25. The second-order valence-electron chi connectivity index (χ2n) is 4.67. The molecule has 1 amide bonds. The van der Waals surface area contributed by atoms with Crippen LogP contribution in [0.4, 0.5) is 5.69 Å². The molecular formula is C13H16Cl3N3O. The van der Waals surface area contributed by atoms with Crippen LogP contribution in [0.15, 0.2) is 12.1 Å². The van der Waals surface area contributed by atoms with Gasteiger partial charge in [-0.3, -0.25) is 9.69 Å². The van der Waals surface area contributed by atoms with E-state index in [2.05, 4.69) is 15.5 Å². The van der Waals surface area contributed by atoms with Crippen molar-refractivity contribution in [2.75, 3.05) is 31.5 Å². The van der Waals surface area contributed by atoms with Gasteiger partial charge in [0.2, 0.25) is 5.91 Å². The maximum atomic E-state index is 12.1. The van der Waals surface area contributed by atoms with Gasteiger partial charge in [0.05, 0.1) is 22.3 Å². The summed E-state index contributed by atoms with van der Waals surface area (Å²) in [5, 5.41) is 7.06. The van der Waals surface area contributed by atoms with E-state index in [0.717, 1.165) is 19.6 Å². The molecule has 0 unspecified atom stereocenters. The molecule has 1 fully saturated rings. The first-order chi connectivity index (χ1) is 9.51. The van der Waals surface area contributed by atoms with Gasteiger partial charge >= 0.3 is 0 Å². The fraction of sp³-hybridized carbons (Fsp3) is 0.462. The van der Waals surface area contributed by atoms with Crippen molar-refractivity contribution >= 4 is 46.4 Å². The van der Waals surface area contributed by atoms with Crippen molar-refractivity contribution in [1.82, 2.24) is 10.2 Å². The summed E-state index contributed by atoms with van der Waals surface area (Å²) in [4.78, 5) is 14.2. The summed E-state index contributed by atoms with van der Waals surface area (Å²) >= 11 is 17.9. The Kier molecular flexibility index (Phi) is 5.52. The summed E-state index contributed by atoms with van der Waals surface area (Å²) in [6, 6.07) is 3.53. The van der Waals surface area contributed by atoms with E-state index >= 15 is 0 Å². The van der Waals surface area contributed by atoms with Gasteiger partial charge in [0, 0.05) is 24.2 Å². The number of halogens is 3. The van der Waals surface area contributed by atoms with E-state index in [1.807, 2.05) is 6.92 Å². The summed E-state index contributed by atoms with van der Waals surface area (Å²) < 4.78 is 0. The maximum Gasteiger partial charge on any atom is 0.238 e. The van der Waals surface area contributed by atoms with Gasteiger partial charge in [0.25, 0.3) is 0 Å². The quantitative estimate of drug-likeness (QED) is 0.869. The molecular weight excluding hydrogens is 321 g/mol. The number of anilines is 1. The highest BCUT2D eigenvalue weighted by molar-refractivity contribution is 6.42. The standard InChI is InChI=1S/C13H16Cl3N3O/c1-2-19(9-5-17-6-9)7-12(20)18-13-10(15)3-8(14)4-11(13)16/h3-4,9,17H,2,5-7H2,1H3,(H,18,20). The molecule has 1 aromatic carbocycles. The fourth-order valence-electron chi connectivity index (χ4n) is 2.06. The largest absolute Gasteiger partial charge is 0.322 e. The number of hydrogen-bond donors (Lipinski definition) is 2. The molecule has 1 heterocycles. The van der Waals surface area contributed by atoms with E-state index in [9.17, 15) is 4.79 Å². The molecule has 0 saturated carbocycles. The first kappa shape index (κ1) is 15.9. The van der Waals surface area contributed by atoms with Crippen molar-refractivity contribution in [2.24, 2.45) is 0 Å². The van der Waals surface area contributed by atoms with Gasteiger partial charge in [-0.05, 0) is 18.7 Å². The number of rotatable bonds is 5. The number of benzene rings is 1.